The quantitative estimate of drug-likeness (QED) is 0.762. The normalized spacial score (nSPS) is 47.8. The molecular weight excluding hydrogens is 324 g/mol. The highest BCUT2D eigenvalue weighted by molar-refractivity contribution is 5.87. The van der Waals surface area contributed by atoms with Gasteiger partial charge in [0.15, 0.2) is 0 Å². The van der Waals surface area contributed by atoms with Gasteiger partial charge in [-0.1, -0.05) is 19.0 Å². The van der Waals surface area contributed by atoms with E-state index >= 15 is 0 Å². The monoisotopic (exact) mass is 360 g/mol. The molecule has 0 saturated heterocycles. The number of Topliss-reactive ketones (excluding diaryl/α,β-unsaturated/α-hetero) is 1. The molecule has 0 aromatic rings. The molecule has 0 radical (unpaired) electrons. The number of rotatable bonds is 3. The van der Waals surface area contributed by atoms with Gasteiger partial charge >= 0.3 is 0 Å². The molecule has 0 spiro atoms. The van der Waals surface area contributed by atoms with Crippen molar-refractivity contribution in [1.82, 2.24) is 0 Å². The van der Waals surface area contributed by atoms with Crippen molar-refractivity contribution in [2.45, 2.75) is 84.6 Å². The van der Waals surface area contributed by atoms with E-state index in [-0.39, 0.29) is 11.5 Å². The molecule has 0 amide bonds. The standard InChI is InChI=1S/C22H36N2O2/c1-14(23)13-26-24-16-8-10-21(2)15(12-16)4-5-17-18-6-7-20(25)22(18,3)11-9-19(17)21/h14-15,17-19H,4-13,23H2,1-3H3/t14?,15?,17?,18?,19?,21-,22-/m0/s1. The largest absolute Gasteiger partial charge is 0.394 e. The Morgan fingerprint density at radius 3 is 2.73 bits per heavy atom. The molecular formula is C22H36N2O2. The smallest absolute Gasteiger partial charge is 0.139 e. The number of carbonyl (C=O) groups excluding carboxylic acids is 1. The zero-order valence-electron chi connectivity index (χ0n) is 16.8. The first kappa shape index (κ1) is 18.5. The summed E-state index contributed by atoms with van der Waals surface area (Å²) in [5.41, 5.74) is 7.42. The summed E-state index contributed by atoms with van der Waals surface area (Å²) in [6.45, 7) is 7.28. The number of carbonyl (C=O) groups is 1. The molecule has 0 aliphatic heterocycles. The summed E-state index contributed by atoms with van der Waals surface area (Å²) in [7, 11) is 0. The van der Waals surface area contributed by atoms with Crippen LogP contribution in [-0.2, 0) is 9.63 Å². The zero-order chi connectivity index (χ0) is 18.5. The van der Waals surface area contributed by atoms with Crippen LogP contribution in [-0.4, -0.2) is 24.1 Å². The van der Waals surface area contributed by atoms with Crippen LogP contribution in [0.5, 0.6) is 0 Å². The first-order chi connectivity index (χ1) is 12.3. The lowest BCUT2D eigenvalue weighted by molar-refractivity contribution is -0.137. The van der Waals surface area contributed by atoms with Crippen molar-refractivity contribution >= 4 is 11.5 Å². The van der Waals surface area contributed by atoms with Crippen LogP contribution in [0.15, 0.2) is 5.16 Å². The number of nitrogens with zero attached hydrogens (tertiary/aromatic N) is 1. The highest BCUT2D eigenvalue weighted by atomic mass is 16.6. The van der Waals surface area contributed by atoms with Crippen LogP contribution in [0.2, 0.25) is 0 Å². The van der Waals surface area contributed by atoms with Gasteiger partial charge in [0.1, 0.15) is 12.4 Å². The van der Waals surface area contributed by atoms with Gasteiger partial charge in [0.2, 0.25) is 0 Å². The van der Waals surface area contributed by atoms with Crippen molar-refractivity contribution in [3.63, 3.8) is 0 Å². The maximum absolute atomic E-state index is 12.5. The highest BCUT2D eigenvalue weighted by Crippen LogP contribution is 2.65. The van der Waals surface area contributed by atoms with E-state index in [0.29, 0.717) is 23.7 Å². The van der Waals surface area contributed by atoms with Gasteiger partial charge in [0.05, 0.1) is 5.71 Å². The maximum atomic E-state index is 12.5. The van der Waals surface area contributed by atoms with Crippen LogP contribution in [0.1, 0.15) is 78.6 Å². The van der Waals surface area contributed by atoms with Gasteiger partial charge in [0, 0.05) is 17.9 Å². The summed E-state index contributed by atoms with van der Waals surface area (Å²) < 4.78 is 0. The second-order valence-corrected chi connectivity index (χ2v) is 10.2. The number of oxime groups is 1. The van der Waals surface area contributed by atoms with Crippen LogP contribution >= 0.6 is 0 Å². The molecule has 0 bridgehead atoms. The average Bonchev–Trinajstić information content (AvgIpc) is 2.90. The van der Waals surface area contributed by atoms with E-state index in [1.165, 1.54) is 31.4 Å². The van der Waals surface area contributed by atoms with Crippen LogP contribution < -0.4 is 5.73 Å². The summed E-state index contributed by atoms with van der Waals surface area (Å²) in [4.78, 5) is 18.0. The van der Waals surface area contributed by atoms with Gasteiger partial charge in [-0.2, -0.15) is 0 Å². The summed E-state index contributed by atoms with van der Waals surface area (Å²) in [6, 6.07) is 0.0364. The minimum Gasteiger partial charge on any atom is -0.394 e. The lowest BCUT2D eigenvalue weighted by Gasteiger charge is -2.59. The fourth-order valence-corrected chi connectivity index (χ4v) is 7.16. The second kappa shape index (κ2) is 6.61. The molecule has 146 valence electrons. The summed E-state index contributed by atoms with van der Waals surface area (Å²) in [6.07, 6.45) is 10.4. The van der Waals surface area contributed by atoms with Gasteiger partial charge < -0.3 is 10.6 Å². The minimum atomic E-state index is -0.00158. The Bertz CT molecular complexity index is 601. The van der Waals surface area contributed by atoms with E-state index in [9.17, 15) is 4.79 Å². The van der Waals surface area contributed by atoms with E-state index in [4.69, 9.17) is 10.6 Å². The third-order valence-electron chi connectivity index (χ3n) is 8.74. The molecule has 5 unspecified atom stereocenters. The number of hydrogen-bond donors (Lipinski definition) is 1. The SMILES string of the molecule is CC(N)CON=C1CC[C@@]2(C)C(CCC3C2CC[C@]2(C)C(=O)CCC32)C1. The summed E-state index contributed by atoms with van der Waals surface area (Å²) >= 11 is 0. The number of nitrogens with two attached hydrogens (primary N) is 1. The van der Waals surface area contributed by atoms with Crippen LogP contribution in [0, 0.1) is 34.5 Å². The fraction of sp³-hybridized carbons (Fsp3) is 0.909. The average molecular weight is 361 g/mol. The Labute approximate surface area is 158 Å². The van der Waals surface area contributed by atoms with Crippen molar-refractivity contribution in [2.75, 3.05) is 6.61 Å². The fourth-order valence-electron chi connectivity index (χ4n) is 7.16. The van der Waals surface area contributed by atoms with Crippen molar-refractivity contribution < 1.29 is 9.63 Å². The van der Waals surface area contributed by atoms with Gasteiger partial charge in [0.25, 0.3) is 0 Å². The molecule has 0 aromatic carbocycles. The number of ketones is 1. The maximum Gasteiger partial charge on any atom is 0.139 e. The molecule has 4 aliphatic rings. The Balaban J connectivity index is 1.48. The van der Waals surface area contributed by atoms with Crippen molar-refractivity contribution in [2.24, 2.45) is 45.4 Å². The molecule has 0 heterocycles. The van der Waals surface area contributed by atoms with Crippen molar-refractivity contribution in [1.29, 1.82) is 0 Å². The third-order valence-corrected chi connectivity index (χ3v) is 8.74. The van der Waals surface area contributed by atoms with Gasteiger partial charge in [-0.05, 0) is 87.4 Å². The molecule has 4 fully saturated rings. The van der Waals surface area contributed by atoms with Gasteiger partial charge in [-0.15, -0.1) is 0 Å². The molecule has 26 heavy (non-hydrogen) atoms. The molecule has 4 rings (SSSR count). The number of hydrogen-bond acceptors (Lipinski definition) is 4. The van der Waals surface area contributed by atoms with E-state index < -0.39 is 0 Å². The Kier molecular flexibility index (Phi) is 4.70. The lowest BCUT2D eigenvalue weighted by Crippen LogP contribution is -2.53. The zero-order valence-corrected chi connectivity index (χ0v) is 16.8. The van der Waals surface area contributed by atoms with E-state index in [0.717, 1.165) is 49.9 Å². The topological polar surface area (TPSA) is 64.7 Å². The summed E-state index contributed by atoms with van der Waals surface area (Å²) in [5, 5.41) is 4.42. The molecule has 0 aromatic heterocycles. The first-order valence-electron chi connectivity index (χ1n) is 10.8. The Morgan fingerprint density at radius 1 is 1.15 bits per heavy atom. The Morgan fingerprint density at radius 2 is 1.96 bits per heavy atom. The molecule has 4 saturated carbocycles. The molecule has 4 nitrogen and oxygen atoms in total. The molecule has 2 N–H and O–H groups in total. The predicted octanol–water partition coefficient (Wildman–Crippen LogP) is 4.32. The van der Waals surface area contributed by atoms with Crippen LogP contribution in [0.4, 0.5) is 0 Å². The molecule has 4 aliphatic carbocycles. The van der Waals surface area contributed by atoms with Crippen molar-refractivity contribution in [3.05, 3.63) is 0 Å². The minimum absolute atomic E-state index is 0.00158. The lowest BCUT2D eigenvalue weighted by atomic mass is 9.45. The summed E-state index contributed by atoms with van der Waals surface area (Å²) in [5.74, 6) is 3.51. The van der Waals surface area contributed by atoms with Crippen LogP contribution in [0.3, 0.4) is 0 Å². The van der Waals surface area contributed by atoms with Crippen LogP contribution in [0.25, 0.3) is 0 Å². The van der Waals surface area contributed by atoms with E-state index in [1.807, 2.05) is 6.92 Å². The molecule has 4 heteroatoms. The number of fused-ring (bicyclic) bond motifs is 5. The van der Waals surface area contributed by atoms with E-state index in [2.05, 4.69) is 19.0 Å². The molecule has 7 atom stereocenters. The van der Waals surface area contributed by atoms with E-state index in [1.54, 1.807) is 0 Å². The first-order valence-corrected chi connectivity index (χ1v) is 10.8. The van der Waals surface area contributed by atoms with Gasteiger partial charge in [-0.25, -0.2) is 0 Å². The Hall–Kier alpha value is -0.900. The predicted molar refractivity (Wildman–Crippen MR) is 104 cm³/mol. The van der Waals surface area contributed by atoms with Crippen molar-refractivity contribution in [3.8, 4) is 0 Å². The third kappa shape index (κ3) is 2.83. The highest BCUT2D eigenvalue weighted by Gasteiger charge is 2.60. The second-order valence-electron chi connectivity index (χ2n) is 10.2. The van der Waals surface area contributed by atoms with Gasteiger partial charge in [-0.3, -0.25) is 4.79 Å².